The summed E-state index contributed by atoms with van der Waals surface area (Å²) in [6.45, 7) is 2.08. The average molecular weight is 448 g/mol. The van der Waals surface area contributed by atoms with Gasteiger partial charge < -0.3 is 15.4 Å². The van der Waals surface area contributed by atoms with Crippen LogP contribution in [0, 0.1) is 6.92 Å². The number of aryl methyl sites for hydroxylation is 1. The van der Waals surface area contributed by atoms with Crippen molar-refractivity contribution in [2.24, 2.45) is 0 Å². The molecule has 0 saturated carbocycles. The summed E-state index contributed by atoms with van der Waals surface area (Å²) in [6, 6.07) is 21.5. The van der Waals surface area contributed by atoms with Gasteiger partial charge in [-0.05, 0) is 78.8 Å². The minimum Gasteiger partial charge on any atom is -0.497 e. The normalized spacial score (nSPS) is 10.6. The number of aromatic nitrogens is 1. The van der Waals surface area contributed by atoms with Crippen molar-refractivity contribution in [1.29, 1.82) is 0 Å². The molecule has 1 heterocycles. The van der Waals surface area contributed by atoms with Crippen molar-refractivity contribution in [2.75, 3.05) is 12.4 Å². The van der Waals surface area contributed by atoms with Crippen molar-refractivity contribution in [3.8, 4) is 16.3 Å². The van der Waals surface area contributed by atoms with Crippen LogP contribution in [0.25, 0.3) is 20.8 Å². The summed E-state index contributed by atoms with van der Waals surface area (Å²) in [5, 5.41) is 7.01. The second kappa shape index (κ2) is 9.24. The fourth-order valence-corrected chi connectivity index (χ4v) is 4.41. The van der Waals surface area contributed by atoms with E-state index in [1.807, 2.05) is 54.6 Å². The number of anilines is 1. The van der Waals surface area contributed by atoms with E-state index in [1.54, 1.807) is 18.4 Å². The number of fused-ring (bicyclic) bond motifs is 1. The molecule has 2 N–H and O–H groups in total. The minimum atomic E-state index is -0.177. The number of amides is 1. The zero-order chi connectivity index (χ0) is 21.8. The van der Waals surface area contributed by atoms with E-state index in [0.29, 0.717) is 0 Å². The molecule has 0 bridgehead atoms. The molecule has 0 saturated heterocycles. The number of nitrogens with one attached hydrogen (secondary N) is 2. The maximum absolute atomic E-state index is 12.2. The van der Waals surface area contributed by atoms with Crippen molar-refractivity contribution in [3.05, 3.63) is 77.9 Å². The predicted octanol–water partition coefficient (Wildman–Crippen LogP) is 5.34. The molecule has 156 valence electrons. The van der Waals surface area contributed by atoms with Gasteiger partial charge in [0.15, 0.2) is 5.11 Å². The topological polar surface area (TPSA) is 63.2 Å². The van der Waals surface area contributed by atoms with Crippen LogP contribution in [0.1, 0.15) is 11.1 Å². The molecule has 1 amide bonds. The molecule has 1 aromatic heterocycles. The highest BCUT2D eigenvalue weighted by Crippen LogP contribution is 2.31. The molecule has 31 heavy (non-hydrogen) atoms. The molecule has 5 nitrogen and oxygen atoms in total. The van der Waals surface area contributed by atoms with Crippen molar-refractivity contribution >= 4 is 50.5 Å². The van der Waals surface area contributed by atoms with Gasteiger partial charge in [0, 0.05) is 11.3 Å². The van der Waals surface area contributed by atoms with Crippen LogP contribution in [0.4, 0.5) is 5.69 Å². The number of hydrogen-bond acceptors (Lipinski definition) is 5. The first kappa shape index (κ1) is 21.0. The van der Waals surface area contributed by atoms with E-state index < -0.39 is 0 Å². The third-order valence-electron chi connectivity index (χ3n) is 4.71. The summed E-state index contributed by atoms with van der Waals surface area (Å²) >= 11 is 6.95. The Balaban J connectivity index is 1.35. The molecular weight excluding hydrogens is 426 g/mol. The molecule has 0 radical (unpaired) electrons. The zero-order valence-corrected chi connectivity index (χ0v) is 18.8. The van der Waals surface area contributed by atoms with Gasteiger partial charge in [-0.25, -0.2) is 4.98 Å². The zero-order valence-electron chi connectivity index (χ0n) is 17.1. The Morgan fingerprint density at radius 2 is 1.81 bits per heavy atom. The minimum absolute atomic E-state index is 0.177. The summed E-state index contributed by atoms with van der Waals surface area (Å²) < 4.78 is 6.31. The third kappa shape index (κ3) is 5.25. The maximum Gasteiger partial charge on any atom is 0.230 e. The lowest BCUT2D eigenvalue weighted by atomic mass is 10.1. The highest BCUT2D eigenvalue weighted by molar-refractivity contribution is 7.80. The van der Waals surface area contributed by atoms with Crippen LogP contribution in [-0.4, -0.2) is 23.1 Å². The number of hydrogen-bond donors (Lipinski definition) is 2. The number of carbonyl (C=O) groups is 1. The summed E-state index contributed by atoms with van der Waals surface area (Å²) in [4.78, 5) is 17.0. The highest BCUT2D eigenvalue weighted by atomic mass is 32.1. The number of rotatable bonds is 5. The van der Waals surface area contributed by atoms with Gasteiger partial charge in [-0.2, -0.15) is 0 Å². The lowest BCUT2D eigenvalue weighted by Crippen LogP contribution is -2.35. The van der Waals surface area contributed by atoms with Gasteiger partial charge in [0.25, 0.3) is 0 Å². The first-order valence-corrected chi connectivity index (χ1v) is 10.9. The number of thiazole rings is 1. The fourth-order valence-electron chi connectivity index (χ4n) is 3.11. The summed E-state index contributed by atoms with van der Waals surface area (Å²) in [5.74, 6) is 0.579. The number of methoxy groups -OCH3 is 1. The molecule has 3 aromatic carbocycles. The lowest BCUT2D eigenvalue weighted by molar-refractivity contribution is -0.119. The fraction of sp³-hybridized carbons (Fsp3) is 0.125. The van der Waals surface area contributed by atoms with E-state index in [0.717, 1.165) is 33.1 Å². The van der Waals surface area contributed by atoms with Crippen LogP contribution in [0.5, 0.6) is 5.75 Å². The van der Waals surface area contributed by atoms with Gasteiger partial charge in [-0.1, -0.05) is 18.2 Å². The highest BCUT2D eigenvalue weighted by Gasteiger charge is 2.09. The van der Waals surface area contributed by atoms with Crippen molar-refractivity contribution < 1.29 is 9.53 Å². The van der Waals surface area contributed by atoms with Gasteiger partial charge >= 0.3 is 0 Å². The molecule has 0 unspecified atom stereocenters. The number of thiocarbonyl (C=S) groups is 1. The van der Waals surface area contributed by atoms with Gasteiger partial charge in [-0.15, -0.1) is 11.3 Å². The molecule has 0 fully saturated rings. The monoisotopic (exact) mass is 447 g/mol. The van der Waals surface area contributed by atoms with Crippen LogP contribution in [0.15, 0.2) is 66.7 Å². The Labute approximate surface area is 190 Å². The molecular formula is C24H21N3O2S2. The first-order valence-electron chi connectivity index (χ1n) is 9.71. The summed E-state index contributed by atoms with van der Waals surface area (Å²) in [7, 11) is 1.61. The van der Waals surface area contributed by atoms with Gasteiger partial charge in [0.1, 0.15) is 10.8 Å². The molecule has 4 aromatic rings. The average Bonchev–Trinajstić information content (AvgIpc) is 3.17. The third-order valence-corrected chi connectivity index (χ3v) is 5.98. The SMILES string of the molecule is COc1ccc(CC(=O)NC(=S)Nc2ccc(-c3nc4ccc(C)cc4s3)cc2)cc1. The van der Waals surface area contributed by atoms with Crippen molar-refractivity contribution in [2.45, 2.75) is 13.3 Å². The quantitative estimate of drug-likeness (QED) is 0.405. The maximum atomic E-state index is 12.2. The van der Waals surface area contributed by atoms with E-state index in [2.05, 4.69) is 29.7 Å². The summed E-state index contributed by atoms with van der Waals surface area (Å²) in [6.07, 6.45) is 0.238. The molecule has 0 spiro atoms. The lowest BCUT2D eigenvalue weighted by Gasteiger charge is -2.10. The number of ether oxygens (including phenoxy) is 1. The molecule has 7 heteroatoms. The number of nitrogens with zero attached hydrogens (tertiary/aromatic N) is 1. The van der Waals surface area contributed by atoms with E-state index in [9.17, 15) is 4.79 Å². The standard InChI is InChI=1S/C24H21N3O2S2/c1-15-3-12-20-21(13-15)31-23(26-20)17-6-8-18(9-7-17)25-24(30)27-22(28)14-16-4-10-19(29-2)11-5-16/h3-13H,14H2,1-2H3,(H2,25,27,28,30). The second-order valence-electron chi connectivity index (χ2n) is 7.09. The van der Waals surface area contributed by atoms with Gasteiger partial charge in [-0.3, -0.25) is 4.79 Å². The van der Waals surface area contributed by atoms with E-state index in [4.69, 9.17) is 21.9 Å². The molecule has 0 aliphatic carbocycles. The largest absolute Gasteiger partial charge is 0.497 e. The number of benzene rings is 3. The van der Waals surface area contributed by atoms with Crippen LogP contribution in [0.3, 0.4) is 0 Å². The second-order valence-corrected chi connectivity index (χ2v) is 8.53. The Kier molecular flexibility index (Phi) is 6.25. The van der Waals surface area contributed by atoms with Crippen molar-refractivity contribution in [3.63, 3.8) is 0 Å². The van der Waals surface area contributed by atoms with E-state index in [1.165, 1.54) is 10.3 Å². The predicted molar refractivity (Wildman–Crippen MR) is 131 cm³/mol. The first-order chi connectivity index (χ1) is 15.0. The van der Waals surface area contributed by atoms with Crippen molar-refractivity contribution in [1.82, 2.24) is 10.3 Å². The van der Waals surface area contributed by atoms with Gasteiger partial charge in [0.05, 0.1) is 23.7 Å². The van der Waals surface area contributed by atoms with Gasteiger partial charge in [0.2, 0.25) is 5.91 Å². The number of carbonyl (C=O) groups excluding carboxylic acids is 1. The molecule has 0 aliphatic rings. The Morgan fingerprint density at radius 1 is 1.06 bits per heavy atom. The Morgan fingerprint density at radius 3 is 2.52 bits per heavy atom. The van der Waals surface area contributed by atoms with E-state index in [-0.39, 0.29) is 17.4 Å². The molecule has 0 atom stereocenters. The van der Waals surface area contributed by atoms with Crippen LogP contribution < -0.4 is 15.4 Å². The molecule has 0 aliphatic heterocycles. The molecule has 4 rings (SSSR count). The smallest absolute Gasteiger partial charge is 0.230 e. The van der Waals surface area contributed by atoms with E-state index >= 15 is 0 Å². The Hall–Kier alpha value is -3.29. The summed E-state index contributed by atoms with van der Waals surface area (Å²) in [5.41, 5.74) is 4.96. The van der Waals surface area contributed by atoms with Crippen LogP contribution in [-0.2, 0) is 11.2 Å². The van der Waals surface area contributed by atoms with Crippen LogP contribution >= 0.6 is 23.6 Å². The Bertz CT molecular complexity index is 1230. The van der Waals surface area contributed by atoms with Crippen LogP contribution in [0.2, 0.25) is 0 Å².